The Hall–Kier alpha value is -2.44. The van der Waals surface area contributed by atoms with Gasteiger partial charge < -0.3 is 25.2 Å². The number of nitrogens with one attached hydrogen (secondary N) is 2. The van der Waals surface area contributed by atoms with Crippen molar-refractivity contribution >= 4 is 17.6 Å². The number of hydrogen-bond donors (Lipinski definition) is 2. The third kappa shape index (κ3) is 4.31. The molecule has 0 aliphatic carbocycles. The first-order valence-corrected chi connectivity index (χ1v) is 8.08. The fourth-order valence-corrected chi connectivity index (χ4v) is 2.86. The van der Waals surface area contributed by atoms with E-state index in [0.29, 0.717) is 6.54 Å². The predicted molar refractivity (Wildman–Crippen MR) is 93.4 cm³/mol. The number of amides is 3. The minimum absolute atomic E-state index is 0.0385. The van der Waals surface area contributed by atoms with Crippen molar-refractivity contribution in [3.63, 3.8) is 0 Å². The Morgan fingerprint density at radius 3 is 2.71 bits per heavy atom. The van der Waals surface area contributed by atoms with E-state index in [4.69, 9.17) is 4.74 Å². The number of urea groups is 1. The van der Waals surface area contributed by atoms with Crippen molar-refractivity contribution in [3.8, 4) is 5.75 Å². The normalized spacial score (nSPS) is 18.0. The Kier molecular flexibility index (Phi) is 5.89. The molecule has 1 aliphatic rings. The summed E-state index contributed by atoms with van der Waals surface area (Å²) in [6, 6.07) is 7.02. The molecule has 3 amide bonds. The maximum absolute atomic E-state index is 12.1. The highest BCUT2D eigenvalue weighted by Gasteiger charge is 2.26. The molecule has 7 nitrogen and oxygen atoms in total. The number of carbonyl (C=O) groups is 2. The number of anilines is 1. The summed E-state index contributed by atoms with van der Waals surface area (Å²) < 4.78 is 5.39. The highest BCUT2D eigenvalue weighted by atomic mass is 16.5. The molecule has 1 heterocycles. The molecule has 2 rings (SSSR count). The Bertz CT molecular complexity index is 591. The van der Waals surface area contributed by atoms with Crippen LogP contribution in [-0.2, 0) is 4.79 Å². The molecule has 1 aromatic rings. The molecule has 1 aliphatic heterocycles. The Morgan fingerprint density at radius 2 is 2.04 bits per heavy atom. The van der Waals surface area contributed by atoms with Crippen LogP contribution in [0.2, 0.25) is 0 Å². The topological polar surface area (TPSA) is 73.9 Å². The van der Waals surface area contributed by atoms with E-state index in [1.807, 2.05) is 24.3 Å². The van der Waals surface area contributed by atoms with Crippen molar-refractivity contribution in [2.24, 2.45) is 0 Å². The summed E-state index contributed by atoms with van der Waals surface area (Å²) in [5.74, 6) is 0.694. The van der Waals surface area contributed by atoms with E-state index >= 15 is 0 Å². The van der Waals surface area contributed by atoms with Gasteiger partial charge in [-0.05, 0) is 25.5 Å². The van der Waals surface area contributed by atoms with Gasteiger partial charge in [0.05, 0.1) is 12.8 Å². The van der Waals surface area contributed by atoms with Gasteiger partial charge in [0.1, 0.15) is 11.8 Å². The van der Waals surface area contributed by atoms with Crippen LogP contribution in [0.5, 0.6) is 5.75 Å². The number of methoxy groups -OCH3 is 1. The maximum atomic E-state index is 12.1. The zero-order valence-corrected chi connectivity index (χ0v) is 14.7. The summed E-state index contributed by atoms with van der Waals surface area (Å²) in [4.78, 5) is 27.5. The van der Waals surface area contributed by atoms with Crippen molar-refractivity contribution in [3.05, 3.63) is 24.3 Å². The van der Waals surface area contributed by atoms with Gasteiger partial charge >= 0.3 is 6.03 Å². The summed E-state index contributed by atoms with van der Waals surface area (Å²) in [7, 11) is 4.99. The SMILES string of the molecule is COc1ccccc1N1CCC(NC(=O)N[C@@H](C)C(=O)N(C)C)C1. The predicted octanol–water partition coefficient (Wildman–Crippen LogP) is 1.05. The number of hydrogen-bond acceptors (Lipinski definition) is 4. The van der Waals surface area contributed by atoms with Crippen molar-refractivity contribution in [2.75, 3.05) is 39.2 Å². The van der Waals surface area contributed by atoms with Crippen molar-refractivity contribution < 1.29 is 14.3 Å². The van der Waals surface area contributed by atoms with Gasteiger partial charge in [-0.25, -0.2) is 4.79 Å². The monoisotopic (exact) mass is 334 g/mol. The highest BCUT2D eigenvalue weighted by Crippen LogP contribution is 2.30. The summed E-state index contributed by atoms with van der Waals surface area (Å²) in [5, 5.41) is 5.62. The minimum atomic E-state index is -0.549. The maximum Gasteiger partial charge on any atom is 0.315 e. The zero-order chi connectivity index (χ0) is 17.7. The lowest BCUT2D eigenvalue weighted by Crippen LogP contribution is -2.50. The van der Waals surface area contributed by atoms with E-state index in [1.54, 1.807) is 28.1 Å². The lowest BCUT2D eigenvalue weighted by atomic mass is 10.2. The smallest absolute Gasteiger partial charge is 0.315 e. The minimum Gasteiger partial charge on any atom is -0.495 e. The highest BCUT2D eigenvalue weighted by molar-refractivity contribution is 5.86. The largest absolute Gasteiger partial charge is 0.495 e. The number of ether oxygens (including phenoxy) is 1. The molecule has 1 fully saturated rings. The number of carbonyl (C=O) groups excluding carboxylic acids is 2. The molecule has 24 heavy (non-hydrogen) atoms. The molecular formula is C17H26N4O3. The third-order valence-corrected chi connectivity index (χ3v) is 4.11. The van der Waals surface area contributed by atoms with Crippen molar-refractivity contribution in [1.29, 1.82) is 0 Å². The van der Waals surface area contributed by atoms with Crippen LogP contribution in [-0.4, -0.2) is 63.2 Å². The van der Waals surface area contributed by atoms with Crippen LogP contribution in [0.4, 0.5) is 10.5 Å². The molecule has 132 valence electrons. The van der Waals surface area contributed by atoms with E-state index < -0.39 is 6.04 Å². The van der Waals surface area contributed by atoms with Crippen molar-refractivity contribution in [1.82, 2.24) is 15.5 Å². The molecule has 7 heteroatoms. The third-order valence-electron chi connectivity index (χ3n) is 4.11. The first kappa shape index (κ1) is 17.9. The average Bonchev–Trinajstić information content (AvgIpc) is 3.01. The lowest BCUT2D eigenvalue weighted by Gasteiger charge is -2.22. The zero-order valence-electron chi connectivity index (χ0n) is 14.7. The molecule has 0 radical (unpaired) electrons. The van der Waals surface area contributed by atoms with Gasteiger partial charge in [-0.3, -0.25) is 4.79 Å². The quantitative estimate of drug-likeness (QED) is 0.844. The molecule has 1 unspecified atom stereocenters. The second-order valence-corrected chi connectivity index (χ2v) is 6.18. The van der Waals surface area contributed by atoms with Crippen LogP contribution in [0.25, 0.3) is 0 Å². The fraction of sp³-hybridized carbons (Fsp3) is 0.529. The number of rotatable bonds is 5. The first-order valence-electron chi connectivity index (χ1n) is 8.08. The van der Waals surface area contributed by atoms with Crippen molar-refractivity contribution in [2.45, 2.75) is 25.4 Å². The standard InChI is InChI=1S/C17H26N4O3/c1-12(16(22)20(2)3)18-17(23)19-13-9-10-21(11-13)14-7-5-6-8-15(14)24-4/h5-8,12-13H,9-11H2,1-4H3,(H2,18,19,23)/t12-,13?/m0/s1. The average molecular weight is 334 g/mol. The van der Waals surface area contributed by atoms with Crippen LogP contribution in [0.1, 0.15) is 13.3 Å². The summed E-state index contributed by atoms with van der Waals surface area (Å²) in [6.45, 7) is 3.24. The van der Waals surface area contributed by atoms with E-state index in [-0.39, 0.29) is 18.0 Å². The molecule has 1 saturated heterocycles. The van der Waals surface area contributed by atoms with Crippen LogP contribution in [0.15, 0.2) is 24.3 Å². The Labute approximate surface area is 142 Å². The van der Waals surface area contributed by atoms with E-state index in [9.17, 15) is 9.59 Å². The van der Waals surface area contributed by atoms with Gasteiger partial charge in [0.25, 0.3) is 0 Å². The first-order chi connectivity index (χ1) is 11.4. The molecule has 2 atom stereocenters. The van der Waals surface area contributed by atoms with Crippen LogP contribution in [0, 0.1) is 0 Å². The summed E-state index contributed by atoms with van der Waals surface area (Å²) >= 11 is 0. The second kappa shape index (κ2) is 7.90. The second-order valence-electron chi connectivity index (χ2n) is 6.18. The number of para-hydroxylation sites is 2. The number of likely N-dealkylation sites (N-methyl/N-ethyl adjacent to an activating group) is 1. The molecule has 1 aromatic carbocycles. The van der Waals surface area contributed by atoms with Gasteiger partial charge in [-0.15, -0.1) is 0 Å². The van der Waals surface area contributed by atoms with Gasteiger partial charge in [0.15, 0.2) is 0 Å². The van der Waals surface area contributed by atoms with E-state index in [0.717, 1.165) is 24.4 Å². The van der Waals surface area contributed by atoms with Crippen LogP contribution in [0.3, 0.4) is 0 Å². The van der Waals surface area contributed by atoms with Crippen LogP contribution < -0.4 is 20.3 Å². The van der Waals surface area contributed by atoms with Gasteiger partial charge in [0.2, 0.25) is 5.91 Å². The molecule has 0 bridgehead atoms. The van der Waals surface area contributed by atoms with Gasteiger partial charge in [-0.2, -0.15) is 0 Å². The molecule has 0 spiro atoms. The summed E-state index contributed by atoms with van der Waals surface area (Å²) in [5.41, 5.74) is 1.03. The van der Waals surface area contributed by atoms with Gasteiger partial charge in [0, 0.05) is 33.2 Å². The molecule has 0 aromatic heterocycles. The summed E-state index contributed by atoms with van der Waals surface area (Å²) in [6.07, 6.45) is 0.849. The Balaban J connectivity index is 1.87. The van der Waals surface area contributed by atoms with Gasteiger partial charge in [-0.1, -0.05) is 12.1 Å². The Morgan fingerprint density at radius 1 is 1.33 bits per heavy atom. The number of nitrogens with zero attached hydrogens (tertiary/aromatic N) is 2. The fourth-order valence-electron chi connectivity index (χ4n) is 2.86. The lowest BCUT2D eigenvalue weighted by molar-refractivity contribution is -0.130. The van der Waals surface area contributed by atoms with E-state index in [2.05, 4.69) is 15.5 Å². The molecule has 2 N–H and O–H groups in total. The number of benzene rings is 1. The molecule has 0 saturated carbocycles. The molecular weight excluding hydrogens is 308 g/mol. The van der Waals surface area contributed by atoms with E-state index in [1.165, 1.54) is 4.90 Å². The van der Waals surface area contributed by atoms with Crippen LogP contribution >= 0.6 is 0 Å².